The summed E-state index contributed by atoms with van der Waals surface area (Å²) in [6, 6.07) is 9.81. The summed E-state index contributed by atoms with van der Waals surface area (Å²) in [6.45, 7) is 0.0283. The first kappa shape index (κ1) is 16.7. The maximum atomic E-state index is 12.2. The minimum absolute atomic E-state index is 0.140. The van der Waals surface area contributed by atoms with Crippen molar-refractivity contribution >= 4 is 34.5 Å². The number of amides is 2. The molecule has 1 aromatic carbocycles. The molecule has 4 rings (SSSR count). The number of pyridine rings is 1. The van der Waals surface area contributed by atoms with Crippen LogP contribution in [0.2, 0.25) is 0 Å². The van der Waals surface area contributed by atoms with Gasteiger partial charge in [0.2, 0.25) is 5.91 Å². The van der Waals surface area contributed by atoms with E-state index in [1.165, 1.54) is 4.57 Å². The Bertz CT molecular complexity index is 1130. The van der Waals surface area contributed by atoms with E-state index in [0.717, 1.165) is 4.90 Å². The van der Waals surface area contributed by atoms with Crippen LogP contribution in [-0.4, -0.2) is 40.2 Å². The van der Waals surface area contributed by atoms with Crippen molar-refractivity contribution < 1.29 is 18.8 Å². The van der Waals surface area contributed by atoms with Gasteiger partial charge in [-0.25, -0.2) is 9.78 Å². The van der Waals surface area contributed by atoms with Crippen LogP contribution in [0.4, 0.5) is 5.69 Å². The highest BCUT2D eigenvalue weighted by Crippen LogP contribution is 2.27. The summed E-state index contributed by atoms with van der Waals surface area (Å²) < 4.78 is 6.39. The van der Waals surface area contributed by atoms with E-state index in [2.05, 4.69) is 10.3 Å². The van der Waals surface area contributed by atoms with Crippen LogP contribution < -0.4 is 16.0 Å². The third-order valence-corrected chi connectivity index (χ3v) is 4.26. The second-order valence-electron chi connectivity index (χ2n) is 5.93. The van der Waals surface area contributed by atoms with Crippen LogP contribution in [0.1, 0.15) is 10.4 Å². The number of nitrogens with one attached hydrogen (secondary N) is 1. The lowest BCUT2D eigenvalue weighted by Crippen LogP contribution is -2.41. The third-order valence-electron chi connectivity index (χ3n) is 4.26. The number of carbonyl (C=O) groups excluding carboxylic acids is 3. The Morgan fingerprint density at radius 2 is 1.93 bits per heavy atom. The van der Waals surface area contributed by atoms with Crippen molar-refractivity contribution in [3.63, 3.8) is 0 Å². The molecule has 0 radical (unpaired) electrons. The Labute approximate surface area is 152 Å². The normalized spacial score (nSPS) is 13.3. The van der Waals surface area contributed by atoms with Gasteiger partial charge in [-0.05, 0) is 24.3 Å². The third kappa shape index (κ3) is 2.88. The van der Waals surface area contributed by atoms with Crippen LogP contribution in [0, 0.1) is 0 Å². The second kappa shape index (κ2) is 6.52. The molecule has 9 nitrogen and oxygen atoms in total. The molecular formula is C18H14N4O5. The first-order chi connectivity index (χ1) is 13.1. The first-order valence-corrected chi connectivity index (χ1v) is 8.22. The fourth-order valence-corrected chi connectivity index (χ4v) is 3.01. The number of benzene rings is 1. The van der Waals surface area contributed by atoms with Crippen molar-refractivity contribution in [1.82, 2.24) is 14.9 Å². The molecule has 0 bridgehead atoms. The van der Waals surface area contributed by atoms with E-state index in [-0.39, 0.29) is 25.2 Å². The Morgan fingerprint density at radius 1 is 1.11 bits per heavy atom. The molecule has 9 heteroatoms. The van der Waals surface area contributed by atoms with Crippen molar-refractivity contribution in [3.8, 4) is 0 Å². The molecule has 0 atom stereocenters. The summed E-state index contributed by atoms with van der Waals surface area (Å²) >= 11 is 0. The molecule has 1 aliphatic heterocycles. The average Bonchev–Trinajstić information content (AvgIpc) is 3.11. The molecular weight excluding hydrogens is 352 g/mol. The van der Waals surface area contributed by atoms with Crippen molar-refractivity contribution in [3.05, 3.63) is 58.7 Å². The van der Waals surface area contributed by atoms with E-state index in [1.807, 2.05) is 0 Å². The van der Waals surface area contributed by atoms with Crippen LogP contribution in [0.25, 0.3) is 11.2 Å². The Kier molecular flexibility index (Phi) is 4.03. The largest absolute Gasteiger partial charge is 0.421 e. The number of rotatable bonds is 5. The predicted octanol–water partition coefficient (Wildman–Crippen LogP) is 0.335. The Morgan fingerprint density at radius 3 is 2.78 bits per heavy atom. The van der Waals surface area contributed by atoms with Gasteiger partial charge in [0, 0.05) is 19.3 Å². The minimum Gasteiger partial charge on any atom is -0.406 e. The highest BCUT2D eigenvalue weighted by atomic mass is 16.4. The quantitative estimate of drug-likeness (QED) is 0.651. The van der Waals surface area contributed by atoms with E-state index in [1.54, 1.807) is 42.6 Å². The number of hydrogen-bond acceptors (Lipinski definition) is 6. The lowest BCUT2D eigenvalue weighted by Gasteiger charge is -2.16. The monoisotopic (exact) mass is 366 g/mol. The van der Waals surface area contributed by atoms with Gasteiger partial charge in [0.05, 0.1) is 11.3 Å². The molecule has 0 spiro atoms. The molecule has 3 heterocycles. The van der Waals surface area contributed by atoms with Crippen molar-refractivity contribution in [1.29, 1.82) is 0 Å². The molecule has 1 aliphatic rings. The molecule has 2 amide bonds. The summed E-state index contributed by atoms with van der Waals surface area (Å²) in [7, 11) is 0. The number of hydrogen-bond donors (Lipinski definition) is 1. The Balaban J connectivity index is 1.41. The Hall–Kier alpha value is -3.75. The second-order valence-corrected chi connectivity index (χ2v) is 5.93. The number of anilines is 1. The summed E-state index contributed by atoms with van der Waals surface area (Å²) in [4.78, 5) is 53.3. The number of para-hydroxylation sites is 1. The van der Waals surface area contributed by atoms with Crippen LogP contribution >= 0.6 is 0 Å². The summed E-state index contributed by atoms with van der Waals surface area (Å²) in [5.41, 5.74) is 1.47. The maximum absolute atomic E-state index is 12.2. The fourth-order valence-electron chi connectivity index (χ4n) is 3.01. The number of nitrogens with zero attached hydrogens (tertiary/aromatic N) is 3. The van der Waals surface area contributed by atoms with Gasteiger partial charge in [0.1, 0.15) is 6.54 Å². The predicted molar refractivity (Wildman–Crippen MR) is 94.4 cm³/mol. The summed E-state index contributed by atoms with van der Waals surface area (Å²) in [6.07, 6.45) is 1.54. The van der Waals surface area contributed by atoms with Gasteiger partial charge < -0.3 is 9.73 Å². The lowest BCUT2D eigenvalue weighted by molar-refractivity contribution is -0.122. The smallest absolute Gasteiger partial charge is 0.406 e. The van der Waals surface area contributed by atoms with Crippen LogP contribution in [0.15, 0.2) is 51.8 Å². The SMILES string of the molecule is O=C(CN1C(=O)C(=O)c2ccccc21)NCCn1c(=O)oc2cccnc21. The van der Waals surface area contributed by atoms with Gasteiger partial charge in [-0.15, -0.1) is 0 Å². The lowest BCUT2D eigenvalue weighted by atomic mass is 10.1. The standard InChI is InChI=1S/C18H14N4O5/c23-14(10-22-12-5-2-1-4-11(12)15(24)17(22)25)19-8-9-21-16-13(27-18(21)26)6-3-7-20-16/h1-7H,8-10H2,(H,19,23). The van der Waals surface area contributed by atoms with Crippen LogP contribution in [-0.2, 0) is 16.1 Å². The van der Waals surface area contributed by atoms with E-state index >= 15 is 0 Å². The fraction of sp³-hybridized carbons (Fsp3) is 0.167. The van der Waals surface area contributed by atoms with E-state index in [4.69, 9.17) is 4.42 Å². The average molecular weight is 366 g/mol. The van der Waals surface area contributed by atoms with Crippen molar-refractivity contribution in [2.75, 3.05) is 18.0 Å². The molecule has 0 aliphatic carbocycles. The van der Waals surface area contributed by atoms with Crippen LogP contribution in [0.5, 0.6) is 0 Å². The number of Topliss-reactive ketones (excluding diaryl/α,β-unsaturated/α-hetero) is 1. The van der Waals surface area contributed by atoms with Crippen molar-refractivity contribution in [2.45, 2.75) is 6.54 Å². The highest BCUT2D eigenvalue weighted by Gasteiger charge is 2.36. The molecule has 0 saturated heterocycles. The number of carbonyl (C=O) groups is 3. The van der Waals surface area contributed by atoms with Gasteiger partial charge in [-0.2, -0.15) is 0 Å². The van der Waals surface area contributed by atoms with Gasteiger partial charge >= 0.3 is 5.76 Å². The molecule has 136 valence electrons. The summed E-state index contributed by atoms with van der Waals surface area (Å²) in [5, 5.41) is 2.63. The molecule has 0 saturated carbocycles. The topological polar surface area (TPSA) is 115 Å². The molecule has 27 heavy (non-hydrogen) atoms. The zero-order valence-corrected chi connectivity index (χ0v) is 14.0. The number of aromatic nitrogens is 2. The molecule has 3 aromatic rings. The zero-order valence-electron chi connectivity index (χ0n) is 14.0. The zero-order chi connectivity index (χ0) is 19.0. The number of ketones is 1. The van der Waals surface area contributed by atoms with Crippen molar-refractivity contribution in [2.24, 2.45) is 0 Å². The summed E-state index contributed by atoms with van der Waals surface area (Å²) in [5.74, 6) is -2.36. The molecule has 1 N–H and O–H groups in total. The van der Waals surface area contributed by atoms with Gasteiger partial charge in [-0.3, -0.25) is 23.9 Å². The molecule has 0 fully saturated rings. The molecule has 0 unspecified atom stereocenters. The number of oxazole rings is 1. The van der Waals surface area contributed by atoms with Gasteiger partial charge in [0.15, 0.2) is 11.2 Å². The molecule has 2 aromatic heterocycles. The maximum Gasteiger partial charge on any atom is 0.421 e. The van der Waals surface area contributed by atoms with E-state index < -0.39 is 23.4 Å². The minimum atomic E-state index is -0.729. The number of fused-ring (bicyclic) bond motifs is 2. The van der Waals surface area contributed by atoms with Gasteiger partial charge in [-0.1, -0.05) is 12.1 Å². The van der Waals surface area contributed by atoms with Crippen LogP contribution in [0.3, 0.4) is 0 Å². The van der Waals surface area contributed by atoms with E-state index in [0.29, 0.717) is 16.9 Å². The highest BCUT2D eigenvalue weighted by molar-refractivity contribution is 6.52. The van der Waals surface area contributed by atoms with E-state index in [9.17, 15) is 19.2 Å². The first-order valence-electron chi connectivity index (χ1n) is 8.22. The van der Waals surface area contributed by atoms with Gasteiger partial charge in [0.25, 0.3) is 11.7 Å².